The Kier molecular flexibility index (Phi) is 3.77. The fourth-order valence-electron chi connectivity index (χ4n) is 2.52. The molecule has 21 heavy (non-hydrogen) atoms. The second-order valence-corrected chi connectivity index (χ2v) is 7.45. The molecule has 0 aliphatic carbocycles. The van der Waals surface area contributed by atoms with E-state index in [0.29, 0.717) is 5.56 Å². The fourth-order valence-corrected chi connectivity index (χ4v) is 3.72. The van der Waals surface area contributed by atoms with Crippen LogP contribution in [-0.4, -0.2) is 25.1 Å². The molecule has 0 saturated heterocycles. The van der Waals surface area contributed by atoms with E-state index in [4.69, 9.17) is 0 Å². The average Bonchev–Trinajstić information content (AvgIpc) is 2.97. The molecule has 1 aliphatic rings. The van der Waals surface area contributed by atoms with Crippen LogP contribution in [-0.2, 0) is 11.3 Å². The quantitative estimate of drug-likeness (QED) is 0.907. The number of aliphatic hydroxyl groups excluding tert-OH is 1. The zero-order valence-electron chi connectivity index (χ0n) is 11.7. The summed E-state index contributed by atoms with van der Waals surface area (Å²) >= 11 is 5.13. The highest BCUT2D eigenvalue weighted by atomic mass is 79.9. The first kappa shape index (κ1) is 14.6. The Labute approximate surface area is 135 Å². The SMILES string of the molecule is CN(Cc1csc(Br)c1)c1ccc2c(c1)N(C)C(=O)C2O. The first-order valence-electron chi connectivity index (χ1n) is 6.51. The molecule has 6 heteroatoms. The zero-order valence-corrected chi connectivity index (χ0v) is 14.1. The molecule has 0 bridgehead atoms. The summed E-state index contributed by atoms with van der Waals surface area (Å²) < 4.78 is 1.12. The van der Waals surface area contributed by atoms with Crippen LogP contribution in [0.15, 0.2) is 33.4 Å². The van der Waals surface area contributed by atoms with E-state index in [-0.39, 0.29) is 5.91 Å². The monoisotopic (exact) mass is 366 g/mol. The van der Waals surface area contributed by atoms with Crippen LogP contribution in [0.25, 0.3) is 0 Å². The second kappa shape index (κ2) is 5.44. The molecule has 0 saturated carbocycles. The maximum Gasteiger partial charge on any atom is 0.260 e. The Morgan fingerprint density at radius 1 is 1.43 bits per heavy atom. The normalized spacial score (nSPS) is 17.2. The molecule has 110 valence electrons. The number of fused-ring (bicyclic) bond motifs is 1. The van der Waals surface area contributed by atoms with Crippen LogP contribution >= 0.6 is 27.3 Å². The Morgan fingerprint density at radius 2 is 2.19 bits per heavy atom. The number of carbonyl (C=O) groups is 1. The number of anilines is 2. The van der Waals surface area contributed by atoms with Gasteiger partial charge >= 0.3 is 0 Å². The highest BCUT2D eigenvalue weighted by Crippen LogP contribution is 2.37. The lowest BCUT2D eigenvalue weighted by atomic mass is 10.1. The minimum absolute atomic E-state index is 0.272. The zero-order chi connectivity index (χ0) is 15.1. The van der Waals surface area contributed by atoms with E-state index in [0.717, 1.165) is 21.7 Å². The smallest absolute Gasteiger partial charge is 0.260 e. The molecule has 0 spiro atoms. The van der Waals surface area contributed by atoms with Gasteiger partial charge in [0.05, 0.1) is 9.47 Å². The van der Waals surface area contributed by atoms with E-state index in [1.807, 2.05) is 25.2 Å². The van der Waals surface area contributed by atoms with Crippen molar-refractivity contribution in [2.45, 2.75) is 12.6 Å². The Hall–Kier alpha value is -1.37. The third kappa shape index (κ3) is 2.59. The van der Waals surface area contributed by atoms with Crippen molar-refractivity contribution in [1.82, 2.24) is 0 Å². The summed E-state index contributed by atoms with van der Waals surface area (Å²) in [6, 6.07) is 7.82. The summed E-state index contributed by atoms with van der Waals surface area (Å²) in [4.78, 5) is 15.4. The predicted molar refractivity (Wildman–Crippen MR) is 88.9 cm³/mol. The molecule has 2 aromatic rings. The summed E-state index contributed by atoms with van der Waals surface area (Å²) in [5.74, 6) is -0.272. The molecule has 1 aliphatic heterocycles. The first-order valence-corrected chi connectivity index (χ1v) is 8.18. The van der Waals surface area contributed by atoms with Crippen molar-refractivity contribution in [2.75, 3.05) is 23.9 Å². The number of carbonyl (C=O) groups excluding carboxylic acids is 1. The van der Waals surface area contributed by atoms with Crippen LogP contribution in [0.4, 0.5) is 11.4 Å². The van der Waals surface area contributed by atoms with Crippen LogP contribution in [0.2, 0.25) is 0 Å². The highest BCUT2D eigenvalue weighted by molar-refractivity contribution is 9.11. The molecule has 1 atom stereocenters. The number of rotatable bonds is 3. The van der Waals surface area contributed by atoms with Gasteiger partial charge in [0.25, 0.3) is 5.91 Å². The van der Waals surface area contributed by atoms with Crippen LogP contribution in [0.1, 0.15) is 17.2 Å². The Bertz CT molecular complexity index is 701. The van der Waals surface area contributed by atoms with Crippen LogP contribution < -0.4 is 9.80 Å². The third-order valence-corrected chi connectivity index (χ3v) is 5.27. The summed E-state index contributed by atoms with van der Waals surface area (Å²) in [5, 5.41) is 12.0. The molecule has 2 heterocycles. The average molecular weight is 367 g/mol. The van der Waals surface area contributed by atoms with Gasteiger partial charge in [-0.25, -0.2) is 0 Å². The maximum absolute atomic E-state index is 11.8. The standard InChI is InChI=1S/C15H15BrN2O2S/c1-17(7-9-5-13(16)21-8-9)10-3-4-11-12(6-10)18(2)15(20)14(11)19/h3-6,8,14,19H,7H2,1-2H3. The third-order valence-electron chi connectivity index (χ3n) is 3.72. The fraction of sp³-hybridized carbons (Fsp3) is 0.267. The van der Waals surface area contributed by atoms with Crippen LogP contribution in [0, 0.1) is 0 Å². The molecule has 0 fully saturated rings. The number of hydrogen-bond donors (Lipinski definition) is 1. The van der Waals surface area contributed by atoms with E-state index in [1.54, 1.807) is 18.4 Å². The molecule has 4 nitrogen and oxygen atoms in total. The summed E-state index contributed by atoms with van der Waals surface area (Å²) in [6.45, 7) is 0.793. The summed E-state index contributed by atoms with van der Waals surface area (Å²) in [7, 11) is 3.71. The van der Waals surface area contributed by atoms with Crippen molar-refractivity contribution >= 4 is 44.5 Å². The van der Waals surface area contributed by atoms with Gasteiger partial charge < -0.3 is 14.9 Å². The lowest BCUT2D eigenvalue weighted by Gasteiger charge is -2.20. The number of hydrogen-bond acceptors (Lipinski definition) is 4. The van der Waals surface area contributed by atoms with Crippen molar-refractivity contribution < 1.29 is 9.90 Å². The molecule has 1 amide bonds. The minimum atomic E-state index is -1.03. The lowest BCUT2D eigenvalue weighted by molar-refractivity contribution is -0.125. The van der Waals surface area contributed by atoms with E-state index in [9.17, 15) is 9.90 Å². The minimum Gasteiger partial charge on any atom is -0.378 e. The van der Waals surface area contributed by atoms with Crippen molar-refractivity contribution in [3.05, 3.63) is 44.6 Å². The van der Waals surface area contributed by atoms with Gasteiger partial charge in [-0.2, -0.15) is 0 Å². The molecule has 0 radical (unpaired) electrons. The second-order valence-electron chi connectivity index (χ2n) is 5.16. The van der Waals surface area contributed by atoms with Gasteiger partial charge in [0, 0.05) is 31.9 Å². The first-order chi connectivity index (χ1) is 9.97. The van der Waals surface area contributed by atoms with E-state index >= 15 is 0 Å². The van der Waals surface area contributed by atoms with Crippen molar-refractivity contribution in [3.8, 4) is 0 Å². The summed E-state index contributed by atoms with van der Waals surface area (Å²) in [6.07, 6.45) is -1.03. The number of halogens is 1. The van der Waals surface area contributed by atoms with Gasteiger partial charge in [-0.3, -0.25) is 4.79 Å². The molecule has 1 unspecified atom stereocenters. The lowest BCUT2D eigenvalue weighted by Crippen LogP contribution is -2.23. The number of nitrogens with zero attached hydrogens (tertiary/aromatic N) is 2. The van der Waals surface area contributed by atoms with E-state index < -0.39 is 6.10 Å². The van der Waals surface area contributed by atoms with Gasteiger partial charge in [-0.1, -0.05) is 6.07 Å². The maximum atomic E-state index is 11.8. The van der Waals surface area contributed by atoms with Gasteiger partial charge in [-0.15, -0.1) is 11.3 Å². The number of aliphatic hydroxyl groups is 1. The molecule has 1 aromatic carbocycles. The van der Waals surface area contributed by atoms with E-state index in [2.05, 4.69) is 32.3 Å². The number of benzene rings is 1. The molecular weight excluding hydrogens is 352 g/mol. The molecule has 1 aromatic heterocycles. The highest BCUT2D eigenvalue weighted by Gasteiger charge is 2.33. The van der Waals surface area contributed by atoms with Gasteiger partial charge in [0.15, 0.2) is 6.10 Å². The predicted octanol–water partition coefficient (Wildman–Crippen LogP) is 3.16. The van der Waals surface area contributed by atoms with Crippen molar-refractivity contribution in [2.24, 2.45) is 0 Å². The van der Waals surface area contributed by atoms with Crippen LogP contribution in [0.3, 0.4) is 0 Å². The number of thiophene rings is 1. The molecule has 3 rings (SSSR count). The Balaban J connectivity index is 1.86. The van der Waals surface area contributed by atoms with Gasteiger partial charge in [0.2, 0.25) is 0 Å². The largest absolute Gasteiger partial charge is 0.378 e. The van der Waals surface area contributed by atoms with Gasteiger partial charge in [-0.05, 0) is 45.1 Å². The van der Waals surface area contributed by atoms with Gasteiger partial charge in [0.1, 0.15) is 0 Å². The topological polar surface area (TPSA) is 43.8 Å². The van der Waals surface area contributed by atoms with Crippen LogP contribution in [0.5, 0.6) is 0 Å². The van der Waals surface area contributed by atoms with Crippen molar-refractivity contribution in [3.63, 3.8) is 0 Å². The Morgan fingerprint density at radius 3 is 2.86 bits per heavy atom. The van der Waals surface area contributed by atoms with E-state index in [1.165, 1.54) is 10.5 Å². The summed E-state index contributed by atoms with van der Waals surface area (Å²) in [5.41, 5.74) is 3.71. The molecule has 1 N–H and O–H groups in total. The number of amides is 1. The molecular formula is C15H15BrN2O2S. The number of likely N-dealkylation sites (N-methyl/N-ethyl adjacent to an activating group) is 1. The van der Waals surface area contributed by atoms with Crippen molar-refractivity contribution in [1.29, 1.82) is 0 Å².